The fraction of sp³-hybridized carbons (Fsp3) is 0.214. The minimum Gasteiger partial charge on any atom is -0.406 e. The minimum atomic E-state index is -4.69. The van der Waals surface area contributed by atoms with Crippen LogP contribution in [0.15, 0.2) is 45.2 Å². The molecule has 0 saturated heterocycles. The monoisotopic (exact) mass is 535 g/mol. The predicted molar refractivity (Wildman–Crippen MR) is 103 cm³/mol. The molecule has 0 spiro atoms. The van der Waals surface area contributed by atoms with Crippen LogP contribution in [0.25, 0.3) is 0 Å². The second-order valence-electron chi connectivity index (χ2n) is 4.45. The molecule has 2 aromatic rings. The average Bonchev–Trinajstić information content (AvgIpc) is 2.88. The Hall–Kier alpha value is -1.01. The maximum atomic E-state index is 12.1. The van der Waals surface area contributed by atoms with Crippen molar-refractivity contribution in [1.82, 2.24) is 5.32 Å². The van der Waals surface area contributed by atoms with Crippen molar-refractivity contribution in [2.45, 2.75) is 19.5 Å². The second kappa shape index (κ2) is 9.47. The van der Waals surface area contributed by atoms with Crippen molar-refractivity contribution in [2.24, 2.45) is 10.7 Å². The molecule has 0 fully saturated rings. The molecule has 0 bridgehead atoms. The maximum Gasteiger partial charge on any atom is 0.573 e. The van der Waals surface area contributed by atoms with Gasteiger partial charge < -0.3 is 15.8 Å². The number of rotatable bonds is 5. The van der Waals surface area contributed by atoms with E-state index >= 15 is 0 Å². The van der Waals surface area contributed by atoms with Crippen LogP contribution in [0.3, 0.4) is 0 Å². The average molecular weight is 536 g/mol. The number of halogens is 5. The van der Waals surface area contributed by atoms with Gasteiger partial charge in [-0.3, -0.25) is 0 Å². The van der Waals surface area contributed by atoms with Gasteiger partial charge in [-0.2, -0.15) is 0 Å². The first-order valence-electron chi connectivity index (χ1n) is 6.44. The van der Waals surface area contributed by atoms with Crippen LogP contribution in [0.2, 0.25) is 0 Å². The Morgan fingerprint density at radius 3 is 2.42 bits per heavy atom. The predicted octanol–water partition coefficient (Wildman–Crippen LogP) is 4.63. The smallest absolute Gasteiger partial charge is 0.406 e. The SMILES string of the molecule is I.NC(=NCc1ccc(OC(F)(F)F)cc1)NCc1ccc(Br)s1. The van der Waals surface area contributed by atoms with Gasteiger partial charge in [0.25, 0.3) is 0 Å². The van der Waals surface area contributed by atoms with E-state index in [0.717, 1.165) is 14.2 Å². The van der Waals surface area contributed by atoms with E-state index in [4.69, 9.17) is 5.73 Å². The van der Waals surface area contributed by atoms with Crippen LogP contribution in [0.4, 0.5) is 13.2 Å². The zero-order chi connectivity index (χ0) is 16.9. The number of hydrogen-bond donors (Lipinski definition) is 2. The molecule has 2 rings (SSSR count). The zero-order valence-corrected chi connectivity index (χ0v) is 16.9. The molecule has 1 heterocycles. The molecular weight excluding hydrogens is 522 g/mol. The van der Waals surface area contributed by atoms with E-state index in [9.17, 15) is 13.2 Å². The molecule has 0 aliphatic heterocycles. The zero-order valence-electron chi connectivity index (χ0n) is 12.1. The maximum absolute atomic E-state index is 12.1. The van der Waals surface area contributed by atoms with Crippen molar-refractivity contribution in [1.29, 1.82) is 0 Å². The number of alkyl halides is 3. The lowest BCUT2D eigenvalue weighted by atomic mass is 10.2. The molecule has 4 nitrogen and oxygen atoms in total. The lowest BCUT2D eigenvalue weighted by molar-refractivity contribution is -0.274. The summed E-state index contributed by atoms with van der Waals surface area (Å²) in [5.74, 6) is 0.00439. The van der Waals surface area contributed by atoms with Gasteiger partial charge in [-0.15, -0.1) is 48.5 Å². The molecule has 0 aliphatic rings. The second-order valence-corrected chi connectivity index (χ2v) is 7.00. The third-order valence-electron chi connectivity index (χ3n) is 2.66. The van der Waals surface area contributed by atoms with Gasteiger partial charge >= 0.3 is 6.36 Å². The normalized spacial score (nSPS) is 11.8. The molecule has 0 aliphatic carbocycles. The summed E-state index contributed by atoms with van der Waals surface area (Å²) in [4.78, 5) is 5.23. The topological polar surface area (TPSA) is 59.6 Å². The Kier molecular flexibility index (Phi) is 8.30. The molecule has 0 atom stereocenters. The van der Waals surface area contributed by atoms with Gasteiger partial charge in [0.2, 0.25) is 0 Å². The summed E-state index contributed by atoms with van der Waals surface area (Å²) in [6.07, 6.45) is -4.69. The van der Waals surface area contributed by atoms with E-state index in [2.05, 4.69) is 31.0 Å². The van der Waals surface area contributed by atoms with Crippen LogP contribution >= 0.6 is 51.2 Å². The van der Waals surface area contributed by atoms with E-state index < -0.39 is 6.36 Å². The molecule has 1 aromatic carbocycles. The molecule has 1 aromatic heterocycles. The molecular formula is C14H14BrF3IN3OS. The van der Waals surface area contributed by atoms with Gasteiger partial charge in [-0.25, -0.2) is 4.99 Å². The van der Waals surface area contributed by atoms with E-state index in [1.807, 2.05) is 12.1 Å². The summed E-state index contributed by atoms with van der Waals surface area (Å²) in [5.41, 5.74) is 6.47. The number of nitrogens with zero attached hydrogens (tertiary/aromatic N) is 1. The number of ether oxygens (including phenoxy) is 1. The summed E-state index contributed by atoms with van der Waals surface area (Å²) in [6.45, 7) is 0.823. The van der Waals surface area contributed by atoms with Gasteiger partial charge in [-0.1, -0.05) is 12.1 Å². The Morgan fingerprint density at radius 2 is 1.88 bits per heavy atom. The van der Waals surface area contributed by atoms with E-state index in [1.54, 1.807) is 11.3 Å². The molecule has 10 heteroatoms. The summed E-state index contributed by atoms with van der Waals surface area (Å²) >= 11 is 4.96. The minimum absolute atomic E-state index is 0. The first-order chi connectivity index (χ1) is 10.8. The quantitative estimate of drug-likeness (QED) is 0.333. The van der Waals surface area contributed by atoms with E-state index in [0.29, 0.717) is 6.54 Å². The van der Waals surface area contributed by atoms with Crippen LogP contribution in [-0.4, -0.2) is 12.3 Å². The van der Waals surface area contributed by atoms with Gasteiger partial charge in [0, 0.05) is 4.88 Å². The number of aliphatic imine (C=N–C) groups is 1. The summed E-state index contributed by atoms with van der Waals surface area (Å²) in [7, 11) is 0. The molecule has 0 radical (unpaired) electrons. The Labute approximate surface area is 166 Å². The van der Waals surface area contributed by atoms with E-state index in [1.165, 1.54) is 24.3 Å². The first kappa shape index (κ1) is 21.0. The van der Waals surface area contributed by atoms with Crippen LogP contribution in [0.5, 0.6) is 5.75 Å². The number of hydrogen-bond acceptors (Lipinski definition) is 3. The summed E-state index contributed by atoms with van der Waals surface area (Å²) in [6, 6.07) is 9.41. The first-order valence-corrected chi connectivity index (χ1v) is 8.05. The number of nitrogens with two attached hydrogens (primary N) is 1. The number of thiophene rings is 1. The van der Waals surface area contributed by atoms with Crippen molar-refractivity contribution in [3.05, 3.63) is 50.6 Å². The van der Waals surface area contributed by atoms with Crippen molar-refractivity contribution in [3.8, 4) is 5.75 Å². The van der Waals surface area contributed by atoms with Crippen molar-refractivity contribution < 1.29 is 17.9 Å². The number of nitrogens with one attached hydrogen (secondary N) is 1. The fourth-order valence-electron chi connectivity index (χ4n) is 1.65. The van der Waals surface area contributed by atoms with Gasteiger partial charge in [-0.05, 0) is 45.8 Å². The van der Waals surface area contributed by atoms with Gasteiger partial charge in [0.05, 0.1) is 16.9 Å². The lowest BCUT2D eigenvalue weighted by Gasteiger charge is -2.09. The molecule has 132 valence electrons. The van der Waals surface area contributed by atoms with Crippen LogP contribution in [-0.2, 0) is 13.1 Å². The third kappa shape index (κ3) is 7.71. The Balaban J connectivity index is 0.00000288. The van der Waals surface area contributed by atoms with Crippen molar-refractivity contribution in [3.63, 3.8) is 0 Å². The Morgan fingerprint density at radius 1 is 1.21 bits per heavy atom. The highest BCUT2D eigenvalue weighted by molar-refractivity contribution is 14.0. The van der Waals surface area contributed by atoms with E-state index in [-0.39, 0.29) is 42.2 Å². The largest absolute Gasteiger partial charge is 0.573 e. The molecule has 24 heavy (non-hydrogen) atoms. The molecule has 0 saturated carbocycles. The summed E-state index contributed by atoms with van der Waals surface area (Å²) < 4.78 is 41.0. The number of benzene rings is 1. The molecule has 0 unspecified atom stereocenters. The Bertz CT molecular complexity index is 677. The standard InChI is InChI=1S/C14H13BrF3N3OS.HI/c15-12-6-5-11(23-12)8-21-13(19)20-7-9-1-3-10(4-2-9)22-14(16,17)18;/h1-6H,7-8H2,(H3,19,20,21);1H. The van der Waals surface area contributed by atoms with Gasteiger partial charge in [0.15, 0.2) is 5.96 Å². The fourth-order valence-corrected chi connectivity index (χ4v) is 3.08. The number of guanidine groups is 1. The highest BCUT2D eigenvalue weighted by Gasteiger charge is 2.30. The van der Waals surface area contributed by atoms with Gasteiger partial charge in [0.1, 0.15) is 5.75 Å². The third-order valence-corrected chi connectivity index (χ3v) is 4.29. The van der Waals surface area contributed by atoms with Crippen LogP contribution < -0.4 is 15.8 Å². The van der Waals surface area contributed by atoms with Crippen LogP contribution in [0, 0.1) is 0 Å². The molecule has 0 amide bonds. The molecule has 3 N–H and O–H groups in total. The summed E-state index contributed by atoms with van der Waals surface area (Å²) in [5, 5.41) is 2.97. The highest BCUT2D eigenvalue weighted by Crippen LogP contribution is 2.23. The van der Waals surface area contributed by atoms with Crippen LogP contribution in [0.1, 0.15) is 10.4 Å². The van der Waals surface area contributed by atoms with Crippen molar-refractivity contribution >= 4 is 57.2 Å². The van der Waals surface area contributed by atoms with Crippen molar-refractivity contribution in [2.75, 3.05) is 0 Å². The lowest BCUT2D eigenvalue weighted by Crippen LogP contribution is -2.30. The highest BCUT2D eigenvalue weighted by atomic mass is 127.